The SMILES string of the molecule is CC(C)(C)OC(=O)N1CCC([AsH2])(CN)CC1. The zero-order valence-corrected chi connectivity index (χ0v) is 12.9. The molecule has 0 aliphatic carbocycles. The van der Waals surface area contributed by atoms with Crippen molar-refractivity contribution in [3.8, 4) is 0 Å². The average Bonchev–Trinajstić information content (AvgIpc) is 2.16. The van der Waals surface area contributed by atoms with E-state index in [0.717, 1.165) is 32.5 Å². The zero-order chi connectivity index (χ0) is 12.4. The Morgan fingerprint density at radius 3 is 2.31 bits per heavy atom. The number of hydrogen-bond donors (Lipinski definition) is 1. The number of piperidine rings is 1. The number of carbonyl (C=O) groups excluding carboxylic acids is 1. The van der Waals surface area contributed by atoms with E-state index in [9.17, 15) is 4.79 Å². The van der Waals surface area contributed by atoms with Crippen molar-refractivity contribution in [1.82, 2.24) is 4.90 Å². The van der Waals surface area contributed by atoms with E-state index in [1.807, 2.05) is 20.8 Å². The van der Waals surface area contributed by atoms with Crippen LogP contribution in [0.3, 0.4) is 0 Å². The molecule has 94 valence electrons. The summed E-state index contributed by atoms with van der Waals surface area (Å²) in [6.07, 6.45) is 1.78. The number of rotatable bonds is 1. The van der Waals surface area contributed by atoms with E-state index in [1.165, 1.54) is 0 Å². The molecule has 1 fully saturated rings. The maximum atomic E-state index is 11.8. The fourth-order valence-corrected chi connectivity index (χ4v) is 2.21. The minimum absolute atomic E-state index is 0.195. The quantitative estimate of drug-likeness (QED) is 0.726. The van der Waals surface area contributed by atoms with E-state index in [1.54, 1.807) is 21.8 Å². The Bertz CT molecular complexity index is 255. The van der Waals surface area contributed by atoms with Crippen LogP contribution in [0.5, 0.6) is 0 Å². The standard InChI is InChI=1S/C11H23AsN2O2/c1-10(2,3)16-9(15)14-6-4-11(12,8-13)5-7-14/h4-8,12-13H2,1-3H3. The summed E-state index contributed by atoms with van der Waals surface area (Å²) in [5.41, 5.74) is 5.33. The molecular formula is C11H23AsN2O2. The fraction of sp³-hybridized carbons (Fsp3) is 0.909. The summed E-state index contributed by atoms with van der Waals surface area (Å²) in [4.78, 5) is 13.6. The molecule has 1 heterocycles. The van der Waals surface area contributed by atoms with Crippen LogP contribution in [-0.4, -0.2) is 53.1 Å². The molecule has 0 saturated carbocycles. The summed E-state index contributed by atoms with van der Waals surface area (Å²) in [6, 6.07) is 0. The van der Waals surface area contributed by atoms with Gasteiger partial charge in [-0.3, -0.25) is 0 Å². The van der Waals surface area contributed by atoms with Gasteiger partial charge in [0, 0.05) is 0 Å². The van der Waals surface area contributed by atoms with Gasteiger partial charge in [-0.25, -0.2) is 0 Å². The Kier molecular flexibility index (Phi) is 4.30. The fourth-order valence-electron chi connectivity index (χ4n) is 1.67. The number of nitrogens with zero attached hydrogens (tertiary/aromatic N) is 1. The first kappa shape index (κ1) is 13.9. The molecule has 2 N–H and O–H groups in total. The van der Waals surface area contributed by atoms with Crippen LogP contribution in [0.2, 0.25) is 4.20 Å². The van der Waals surface area contributed by atoms with Gasteiger partial charge in [-0.15, -0.1) is 0 Å². The molecule has 1 amide bonds. The van der Waals surface area contributed by atoms with Gasteiger partial charge in [0.25, 0.3) is 0 Å². The van der Waals surface area contributed by atoms with Crippen molar-refractivity contribution in [1.29, 1.82) is 0 Å². The normalized spacial score (nSPS) is 20.7. The minimum atomic E-state index is -0.407. The molecule has 1 aliphatic heterocycles. The third-order valence-corrected chi connectivity index (χ3v) is 4.52. The third kappa shape index (κ3) is 3.98. The van der Waals surface area contributed by atoms with Gasteiger partial charge < -0.3 is 0 Å². The molecule has 0 spiro atoms. The molecule has 0 aromatic heterocycles. The molecule has 4 nitrogen and oxygen atoms in total. The summed E-state index contributed by atoms with van der Waals surface area (Å²) in [5, 5.41) is 0. The molecule has 1 aliphatic rings. The van der Waals surface area contributed by atoms with Gasteiger partial charge in [0.2, 0.25) is 0 Å². The Morgan fingerprint density at radius 2 is 1.94 bits per heavy atom. The molecule has 0 aromatic rings. The van der Waals surface area contributed by atoms with Crippen LogP contribution in [0, 0.1) is 0 Å². The van der Waals surface area contributed by atoms with Crippen molar-refractivity contribution in [3.05, 3.63) is 0 Å². The van der Waals surface area contributed by atoms with Crippen LogP contribution in [0.1, 0.15) is 33.6 Å². The van der Waals surface area contributed by atoms with Gasteiger partial charge in [-0.1, -0.05) is 0 Å². The summed E-state index contributed by atoms with van der Waals surface area (Å²) >= 11 is 1.70. The summed E-state index contributed by atoms with van der Waals surface area (Å²) in [7, 11) is 0. The van der Waals surface area contributed by atoms with Crippen LogP contribution in [0.15, 0.2) is 0 Å². The van der Waals surface area contributed by atoms with Crippen LogP contribution >= 0.6 is 0 Å². The molecule has 0 aromatic carbocycles. The number of nitrogens with two attached hydrogens (primary N) is 1. The van der Waals surface area contributed by atoms with Gasteiger partial charge in [0.15, 0.2) is 0 Å². The van der Waals surface area contributed by atoms with Crippen LogP contribution in [0.4, 0.5) is 4.79 Å². The van der Waals surface area contributed by atoms with E-state index >= 15 is 0 Å². The number of ether oxygens (including phenoxy) is 1. The first-order valence-corrected chi connectivity index (χ1v) is 6.94. The number of amides is 1. The Morgan fingerprint density at radius 1 is 1.44 bits per heavy atom. The molecule has 5 heteroatoms. The van der Waals surface area contributed by atoms with Crippen molar-refractivity contribution < 1.29 is 9.53 Å². The van der Waals surface area contributed by atoms with Gasteiger partial charge >= 0.3 is 106 Å². The van der Waals surface area contributed by atoms with E-state index in [4.69, 9.17) is 10.5 Å². The summed E-state index contributed by atoms with van der Waals surface area (Å²) in [6.45, 7) is 7.93. The summed E-state index contributed by atoms with van der Waals surface area (Å²) in [5.74, 6) is 0. The van der Waals surface area contributed by atoms with Crippen molar-refractivity contribution in [2.45, 2.75) is 43.4 Å². The van der Waals surface area contributed by atoms with Crippen LogP contribution < -0.4 is 5.73 Å². The monoisotopic (exact) mass is 290 g/mol. The molecule has 0 bridgehead atoms. The van der Waals surface area contributed by atoms with Gasteiger partial charge in [-0.05, 0) is 0 Å². The Balaban J connectivity index is 2.45. The number of carbonyl (C=O) groups is 1. The second-order valence-electron chi connectivity index (χ2n) is 5.53. The second kappa shape index (κ2) is 4.97. The predicted octanol–water partition coefficient (Wildman–Crippen LogP) is 0.768. The first-order valence-electron chi connectivity index (χ1n) is 5.73. The number of likely N-dealkylation sites (tertiary alicyclic amines) is 1. The molecule has 1 atom stereocenters. The zero-order valence-electron chi connectivity index (χ0n) is 10.5. The average molecular weight is 290 g/mol. The van der Waals surface area contributed by atoms with Gasteiger partial charge in [-0.2, -0.15) is 0 Å². The Hall–Kier alpha value is -0.212. The van der Waals surface area contributed by atoms with E-state index in [2.05, 4.69) is 0 Å². The van der Waals surface area contributed by atoms with Crippen molar-refractivity contribution in [2.75, 3.05) is 19.6 Å². The topological polar surface area (TPSA) is 55.6 Å². The summed E-state index contributed by atoms with van der Waals surface area (Å²) < 4.78 is 5.60. The molecular weight excluding hydrogens is 267 g/mol. The van der Waals surface area contributed by atoms with Crippen molar-refractivity contribution >= 4 is 22.9 Å². The predicted molar refractivity (Wildman–Crippen MR) is 67.3 cm³/mol. The second-order valence-corrected chi connectivity index (χ2v) is 8.10. The van der Waals surface area contributed by atoms with E-state index < -0.39 is 5.60 Å². The third-order valence-electron chi connectivity index (χ3n) is 2.82. The molecule has 1 unspecified atom stereocenters. The number of hydrogen-bond acceptors (Lipinski definition) is 3. The Labute approximate surface area is 106 Å². The van der Waals surface area contributed by atoms with Gasteiger partial charge in [0.05, 0.1) is 0 Å². The maximum absolute atomic E-state index is 11.8. The van der Waals surface area contributed by atoms with Crippen LogP contribution in [-0.2, 0) is 4.74 Å². The van der Waals surface area contributed by atoms with Crippen molar-refractivity contribution in [2.24, 2.45) is 5.73 Å². The van der Waals surface area contributed by atoms with Crippen molar-refractivity contribution in [3.63, 3.8) is 0 Å². The van der Waals surface area contributed by atoms with E-state index in [-0.39, 0.29) is 10.3 Å². The molecule has 1 rings (SSSR count). The van der Waals surface area contributed by atoms with Crippen LogP contribution in [0.25, 0.3) is 0 Å². The van der Waals surface area contributed by atoms with E-state index in [0.29, 0.717) is 0 Å². The molecule has 16 heavy (non-hydrogen) atoms. The first-order chi connectivity index (χ1) is 7.26. The molecule has 0 radical (unpaired) electrons. The van der Waals surface area contributed by atoms with Gasteiger partial charge in [0.1, 0.15) is 0 Å². The molecule has 1 saturated heterocycles.